The first-order chi connectivity index (χ1) is 13.0. The van der Waals surface area contributed by atoms with Gasteiger partial charge < -0.3 is 4.90 Å². The zero-order valence-corrected chi connectivity index (χ0v) is 15.7. The van der Waals surface area contributed by atoms with Crippen molar-refractivity contribution in [2.24, 2.45) is 14.1 Å². The van der Waals surface area contributed by atoms with E-state index in [2.05, 4.69) is 29.2 Å². The number of amides is 1. The largest absolute Gasteiger partial charge is 0.335 e. The maximum Gasteiger partial charge on any atom is 0.331 e. The second-order valence-electron chi connectivity index (χ2n) is 6.67. The van der Waals surface area contributed by atoms with Gasteiger partial charge in [0.1, 0.15) is 5.69 Å². The lowest BCUT2D eigenvalue weighted by atomic mass is 10.2. The lowest BCUT2D eigenvalue weighted by Gasteiger charge is -2.34. The minimum absolute atomic E-state index is 0.139. The van der Waals surface area contributed by atoms with Crippen molar-refractivity contribution >= 4 is 12.0 Å². The first kappa shape index (κ1) is 18.8. The predicted molar refractivity (Wildman–Crippen MR) is 105 cm³/mol. The quantitative estimate of drug-likeness (QED) is 0.791. The number of nitrogens with zero attached hydrogens (tertiary/aromatic N) is 4. The van der Waals surface area contributed by atoms with Gasteiger partial charge in [-0.1, -0.05) is 42.5 Å². The smallest absolute Gasteiger partial charge is 0.331 e. The molecule has 1 aromatic heterocycles. The summed E-state index contributed by atoms with van der Waals surface area (Å²) >= 11 is 0. The van der Waals surface area contributed by atoms with Gasteiger partial charge >= 0.3 is 5.69 Å². The summed E-state index contributed by atoms with van der Waals surface area (Å²) in [5.74, 6) is -0.272. The fourth-order valence-electron chi connectivity index (χ4n) is 3.14. The zero-order valence-electron chi connectivity index (χ0n) is 15.7. The highest BCUT2D eigenvalue weighted by Gasteiger charge is 2.24. The Balaban J connectivity index is 1.59. The molecule has 1 fully saturated rings. The van der Waals surface area contributed by atoms with E-state index in [4.69, 9.17) is 0 Å². The van der Waals surface area contributed by atoms with Crippen LogP contribution in [0.5, 0.6) is 0 Å². The molecule has 2 heterocycles. The van der Waals surface area contributed by atoms with E-state index >= 15 is 0 Å². The summed E-state index contributed by atoms with van der Waals surface area (Å²) in [5, 5.41) is 0. The number of piperazine rings is 1. The maximum atomic E-state index is 12.7. The predicted octanol–water partition coefficient (Wildman–Crippen LogP) is 0.555. The number of benzene rings is 1. The van der Waals surface area contributed by atoms with Crippen molar-refractivity contribution in [2.75, 3.05) is 32.7 Å². The van der Waals surface area contributed by atoms with Crippen LogP contribution in [0.15, 0.2) is 52.1 Å². The summed E-state index contributed by atoms with van der Waals surface area (Å²) in [5.41, 5.74) is 0.347. The Hall–Kier alpha value is -2.93. The first-order valence-corrected chi connectivity index (χ1v) is 8.97. The summed E-state index contributed by atoms with van der Waals surface area (Å²) in [6, 6.07) is 11.4. The molecule has 0 bridgehead atoms. The topological polar surface area (TPSA) is 67.6 Å². The molecule has 0 radical (unpaired) electrons. The van der Waals surface area contributed by atoms with E-state index in [1.807, 2.05) is 18.2 Å². The Morgan fingerprint density at radius 3 is 2.33 bits per heavy atom. The van der Waals surface area contributed by atoms with Gasteiger partial charge in [-0.25, -0.2) is 4.79 Å². The van der Waals surface area contributed by atoms with Crippen molar-refractivity contribution in [3.8, 4) is 0 Å². The van der Waals surface area contributed by atoms with Crippen LogP contribution in [-0.4, -0.2) is 57.6 Å². The van der Waals surface area contributed by atoms with Crippen molar-refractivity contribution in [3.05, 3.63) is 74.6 Å². The molecule has 7 nitrogen and oxygen atoms in total. The average Bonchev–Trinajstić information content (AvgIpc) is 2.70. The van der Waals surface area contributed by atoms with Crippen LogP contribution in [0.25, 0.3) is 6.08 Å². The summed E-state index contributed by atoms with van der Waals surface area (Å²) in [4.78, 5) is 40.6. The lowest BCUT2D eigenvalue weighted by Crippen LogP contribution is -2.50. The van der Waals surface area contributed by atoms with Crippen LogP contribution in [0.3, 0.4) is 0 Å². The number of hydrogen-bond donors (Lipinski definition) is 0. The van der Waals surface area contributed by atoms with Gasteiger partial charge in [-0.3, -0.25) is 23.6 Å². The second-order valence-corrected chi connectivity index (χ2v) is 6.67. The monoisotopic (exact) mass is 368 g/mol. The Labute approximate surface area is 157 Å². The van der Waals surface area contributed by atoms with Crippen LogP contribution in [0.2, 0.25) is 0 Å². The minimum Gasteiger partial charge on any atom is -0.335 e. The third-order valence-corrected chi connectivity index (χ3v) is 4.88. The third kappa shape index (κ3) is 4.25. The van der Waals surface area contributed by atoms with E-state index in [-0.39, 0.29) is 11.6 Å². The standard InChI is InChI=1S/C20H24N4O3/c1-21-17(15-18(25)22(2)20(21)27)19(26)24-13-11-23(12-14-24)10-6-9-16-7-4-3-5-8-16/h3-9,15H,10-14H2,1-2H3. The molecule has 1 saturated heterocycles. The molecule has 0 unspecified atom stereocenters. The first-order valence-electron chi connectivity index (χ1n) is 8.97. The van der Waals surface area contributed by atoms with Crippen LogP contribution >= 0.6 is 0 Å². The van der Waals surface area contributed by atoms with Crippen LogP contribution in [0, 0.1) is 0 Å². The molecule has 1 aliphatic heterocycles. The van der Waals surface area contributed by atoms with Crippen LogP contribution in [0.1, 0.15) is 16.1 Å². The van der Waals surface area contributed by atoms with E-state index in [0.29, 0.717) is 13.1 Å². The molecule has 3 rings (SSSR count). The summed E-state index contributed by atoms with van der Waals surface area (Å²) in [6.45, 7) is 3.47. The van der Waals surface area contributed by atoms with Gasteiger partial charge in [-0.15, -0.1) is 0 Å². The van der Waals surface area contributed by atoms with Gasteiger partial charge in [-0.2, -0.15) is 0 Å². The van der Waals surface area contributed by atoms with Crippen molar-refractivity contribution in [2.45, 2.75) is 0 Å². The highest BCUT2D eigenvalue weighted by molar-refractivity contribution is 5.92. The van der Waals surface area contributed by atoms with Crippen LogP contribution < -0.4 is 11.2 Å². The SMILES string of the molecule is Cn1c(C(=O)N2CCN(CC=Cc3ccccc3)CC2)cc(=O)n(C)c1=O. The molecule has 1 aliphatic rings. The zero-order chi connectivity index (χ0) is 19.4. The Bertz CT molecular complexity index is 951. The van der Waals surface area contributed by atoms with Crippen molar-refractivity contribution in [1.82, 2.24) is 18.9 Å². The average molecular weight is 368 g/mol. The Morgan fingerprint density at radius 1 is 1.00 bits per heavy atom. The molecule has 0 N–H and O–H groups in total. The van der Waals surface area contributed by atoms with Gasteiger partial charge in [0.2, 0.25) is 0 Å². The van der Waals surface area contributed by atoms with Crippen molar-refractivity contribution in [1.29, 1.82) is 0 Å². The Kier molecular flexibility index (Phi) is 5.71. The van der Waals surface area contributed by atoms with E-state index < -0.39 is 11.2 Å². The number of rotatable bonds is 4. The lowest BCUT2D eigenvalue weighted by molar-refractivity contribution is 0.0638. The Morgan fingerprint density at radius 2 is 1.67 bits per heavy atom. The van der Waals surface area contributed by atoms with Crippen LogP contribution in [0.4, 0.5) is 0 Å². The van der Waals surface area contributed by atoms with Crippen LogP contribution in [-0.2, 0) is 14.1 Å². The molecule has 0 saturated carbocycles. The van der Waals surface area contributed by atoms with E-state index in [1.165, 1.54) is 24.7 Å². The molecule has 0 atom stereocenters. The van der Waals surface area contributed by atoms with E-state index in [9.17, 15) is 14.4 Å². The normalized spacial score (nSPS) is 15.4. The van der Waals surface area contributed by atoms with E-state index in [1.54, 1.807) is 4.90 Å². The fourth-order valence-corrected chi connectivity index (χ4v) is 3.14. The van der Waals surface area contributed by atoms with Crippen molar-refractivity contribution < 1.29 is 4.79 Å². The fraction of sp³-hybridized carbons (Fsp3) is 0.350. The molecule has 0 aliphatic carbocycles. The van der Waals surface area contributed by atoms with Gasteiger partial charge in [-0.05, 0) is 5.56 Å². The summed E-state index contributed by atoms with van der Waals surface area (Å²) in [7, 11) is 2.92. The molecule has 142 valence electrons. The molecule has 1 aromatic carbocycles. The number of aromatic nitrogens is 2. The number of carbonyl (C=O) groups is 1. The van der Waals surface area contributed by atoms with Gasteiger partial charge in [0.05, 0.1) is 0 Å². The van der Waals surface area contributed by atoms with E-state index in [0.717, 1.165) is 29.8 Å². The third-order valence-electron chi connectivity index (χ3n) is 4.88. The maximum absolute atomic E-state index is 12.7. The highest BCUT2D eigenvalue weighted by Crippen LogP contribution is 2.07. The molecule has 1 amide bonds. The second kappa shape index (κ2) is 8.18. The summed E-state index contributed by atoms with van der Waals surface area (Å²) in [6.07, 6.45) is 4.21. The number of hydrogen-bond acceptors (Lipinski definition) is 4. The van der Waals surface area contributed by atoms with Gasteiger partial charge in [0.15, 0.2) is 0 Å². The molecule has 0 spiro atoms. The molecule has 7 heteroatoms. The summed E-state index contributed by atoms with van der Waals surface area (Å²) < 4.78 is 2.23. The van der Waals surface area contributed by atoms with Crippen molar-refractivity contribution in [3.63, 3.8) is 0 Å². The molecule has 27 heavy (non-hydrogen) atoms. The van der Waals surface area contributed by atoms with Gasteiger partial charge in [0, 0.05) is 52.9 Å². The molecular formula is C20H24N4O3. The van der Waals surface area contributed by atoms with Gasteiger partial charge in [0.25, 0.3) is 11.5 Å². The molecule has 2 aromatic rings. The molecular weight excluding hydrogens is 344 g/mol. The number of carbonyl (C=O) groups excluding carboxylic acids is 1. The highest BCUT2D eigenvalue weighted by atomic mass is 16.2. The minimum atomic E-state index is -0.490.